The second-order valence-corrected chi connectivity index (χ2v) is 5.34. The molecule has 106 valence electrons. The first kappa shape index (κ1) is 13.4. The number of aromatic nitrogens is 2. The summed E-state index contributed by atoms with van der Waals surface area (Å²) in [7, 11) is 0. The summed E-state index contributed by atoms with van der Waals surface area (Å²) in [5, 5.41) is 4.62. The first-order chi connectivity index (χ1) is 9.69. The zero-order chi connectivity index (χ0) is 14.1. The lowest BCUT2D eigenvalue weighted by Crippen LogP contribution is -2.08. The van der Waals surface area contributed by atoms with Gasteiger partial charge in [-0.05, 0) is 43.9 Å². The molecule has 0 saturated heterocycles. The third-order valence-corrected chi connectivity index (χ3v) is 3.57. The minimum Gasteiger partial charge on any atom is -0.398 e. The number of anilines is 1. The van der Waals surface area contributed by atoms with Gasteiger partial charge in [-0.2, -0.15) is 4.98 Å². The van der Waals surface area contributed by atoms with Crippen LogP contribution in [0.5, 0.6) is 0 Å². The highest BCUT2D eigenvalue weighted by Gasteiger charge is 2.36. The van der Waals surface area contributed by atoms with Gasteiger partial charge in [-0.25, -0.2) is 0 Å². The fourth-order valence-corrected chi connectivity index (χ4v) is 2.37. The number of nitrogen functional groups attached to an aromatic ring is 1. The first-order valence-electron chi connectivity index (χ1n) is 6.69. The van der Waals surface area contributed by atoms with Crippen LogP contribution in [0.15, 0.2) is 22.7 Å². The van der Waals surface area contributed by atoms with Gasteiger partial charge in [-0.15, -0.1) is 0 Å². The molecule has 0 radical (unpaired) electrons. The lowest BCUT2D eigenvalue weighted by atomic mass is 10.2. The van der Waals surface area contributed by atoms with Gasteiger partial charge in [0.2, 0.25) is 5.82 Å². The van der Waals surface area contributed by atoms with Crippen molar-refractivity contribution < 1.29 is 9.26 Å². The van der Waals surface area contributed by atoms with Crippen molar-refractivity contribution in [2.24, 2.45) is 5.92 Å². The van der Waals surface area contributed by atoms with Gasteiger partial charge in [0.15, 0.2) is 0 Å². The van der Waals surface area contributed by atoms with Crippen LogP contribution in [0.3, 0.4) is 0 Å². The summed E-state index contributed by atoms with van der Waals surface area (Å²) in [5.41, 5.74) is 7.14. The topological polar surface area (TPSA) is 74.2 Å². The minimum atomic E-state index is -0.0778. The van der Waals surface area contributed by atoms with Crippen molar-refractivity contribution in [3.8, 4) is 11.5 Å². The van der Waals surface area contributed by atoms with E-state index in [1.54, 1.807) is 18.2 Å². The molecule has 1 fully saturated rings. The van der Waals surface area contributed by atoms with E-state index in [2.05, 4.69) is 10.1 Å². The average molecular weight is 294 g/mol. The van der Waals surface area contributed by atoms with E-state index in [9.17, 15) is 0 Å². The largest absolute Gasteiger partial charge is 0.398 e. The number of benzene rings is 1. The molecule has 20 heavy (non-hydrogen) atoms. The van der Waals surface area contributed by atoms with Crippen LogP contribution in [0.4, 0.5) is 5.69 Å². The summed E-state index contributed by atoms with van der Waals surface area (Å²) in [6.07, 6.45) is 2.22. The summed E-state index contributed by atoms with van der Waals surface area (Å²) < 4.78 is 11.0. The van der Waals surface area contributed by atoms with Crippen molar-refractivity contribution in [3.05, 3.63) is 29.0 Å². The Morgan fingerprint density at radius 2 is 2.30 bits per heavy atom. The molecule has 0 bridgehead atoms. The maximum absolute atomic E-state index is 5.93. The van der Waals surface area contributed by atoms with Crippen molar-refractivity contribution in [1.82, 2.24) is 10.1 Å². The average Bonchev–Trinajstić information content (AvgIpc) is 3.14. The molecular weight excluding hydrogens is 278 g/mol. The van der Waals surface area contributed by atoms with Crippen LogP contribution in [-0.2, 0) is 4.74 Å². The highest BCUT2D eigenvalue weighted by molar-refractivity contribution is 6.31. The lowest BCUT2D eigenvalue weighted by molar-refractivity contribution is 0.0385. The van der Waals surface area contributed by atoms with Crippen LogP contribution in [0.25, 0.3) is 11.5 Å². The van der Waals surface area contributed by atoms with E-state index < -0.39 is 0 Å². The molecule has 0 aliphatic heterocycles. The standard InChI is InChI=1S/C14H16ClN3O2/c1-2-19-12(8-3-4-8)13-17-14(20-18-13)10-6-5-9(15)7-11(10)16/h5-8,12H,2-4,16H2,1H3. The van der Waals surface area contributed by atoms with E-state index in [4.69, 9.17) is 26.6 Å². The SMILES string of the molecule is CCOC(c1noc(-c2ccc(Cl)cc2N)n1)C1CC1. The smallest absolute Gasteiger partial charge is 0.260 e. The molecule has 6 heteroatoms. The Labute approximate surface area is 122 Å². The number of halogens is 1. The van der Waals surface area contributed by atoms with Gasteiger partial charge in [-0.3, -0.25) is 0 Å². The normalized spacial score (nSPS) is 16.3. The Kier molecular flexibility index (Phi) is 3.63. The summed E-state index contributed by atoms with van der Waals surface area (Å²) >= 11 is 5.88. The molecule has 2 N–H and O–H groups in total. The zero-order valence-corrected chi connectivity index (χ0v) is 11.9. The highest BCUT2D eigenvalue weighted by atomic mass is 35.5. The van der Waals surface area contributed by atoms with Gasteiger partial charge in [0, 0.05) is 17.3 Å². The molecule has 1 saturated carbocycles. The predicted molar refractivity (Wildman–Crippen MR) is 76.2 cm³/mol. The predicted octanol–water partition coefficient (Wildman–Crippen LogP) is 3.46. The van der Waals surface area contributed by atoms with E-state index >= 15 is 0 Å². The van der Waals surface area contributed by atoms with E-state index in [1.165, 1.54) is 0 Å². The zero-order valence-electron chi connectivity index (χ0n) is 11.2. The maximum atomic E-state index is 5.93. The van der Waals surface area contributed by atoms with Crippen molar-refractivity contribution in [3.63, 3.8) is 0 Å². The monoisotopic (exact) mass is 293 g/mol. The van der Waals surface area contributed by atoms with Gasteiger partial charge in [-0.1, -0.05) is 16.8 Å². The van der Waals surface area contributed by atoms with E-state index in [0.717, 1.165) is 12.8 Å². The van der Waals surface area contributed by atoms with Crippen molar-refractivity contribution in [2.75, 3.05) is 12.3 Å². The van der Waals surface area contributed by atoms with Gasteiger partial charge >= 0.3 is 0 Å². The molecule has 1 heterocycles. The molecule has 1 atom stereocenters. The Morgan fingerprint density at radius 1 is 1.50 bits per heavy atom. The molecular formula is C14H16ClN3O2. The minimum absolute atomic E-state index is 0.0778. The van der Waals surface area contributed by atoms with E-state index in [0.29, 0.717) is 40.5 Å². The quantitative estimate of drug-likeness (QED) is 0.855. The van der Waals surface area contributed by atoms with Gasteiger partial charge in [0.25, 0.3) is 5.89 Å². The molecule has 3 rings (SSSR count). The maximum Gasteiger partial charge on any atom is 0.260 e. The van der Waals surface area contributed by atoms with E-state index in [-0.39, 0.29) is 6.10 Å². The van der Waals surface area contributed by atoms with E-state index in [1.807, 2.05) is 6.92 Å². The Hall–Kier alpha value is -1.59. The number of rotatable bonds is 5. The lowest BCUT2D eigenvalue weighted by Gasteiger charge is -2.11. The van der Waals surface area contributed by atoms with Crippen molar-refractivity contribution >= 4 is 17.3 Å². The number of nitrogens with zero attached hydrogens (tertiary/aromatic N) is 2. The fraction of sp³-hybridized carbons (Fsp3) is 0.429. The van der Waals surface area contributed by atoms with Gasteiger partial charge in [0.1, 0.15) is 6.10 Å². The van der Waals surface area contributed by atoms with Crippen LogP contribution < -0.4 is 5.73 Å². The van der Waals surface area contributed by atoms with Gasteiger partial charge in [0.05, 0.1) is 5.56 Å². The fourth-order valence-electron chi connectivity index (χ4n) is 2.19. The molecule has 1 aromatic heterocycles. The molecule has 0 amide bonds. The number of nitrogens with two attached hydrogens (primary N) is 1. The molecule has 2 aromatic rings. The Bertz CT molecular complexity index is 610. The first-order valence-corrected chi connectivity index (χ1v) is 7.07. The molecule has 1 aromatic carbocycles. The summed E-state index contributed by atoms with van der Waals surface area (Å²) in [5.74, 6) is 1.50. The van der Waals surface area contributed by atoms with Gasteiger partial charge < -0.3 is 15.0 Å². The molecule has 1 aliphatic rings. The summed E-state index contributed by atoms with van der Waals surface area (Å²) in [4.78, 5) is 4.43. The van der Waals surface area contributed by atoms with Crippen LogP contribution >= 0.6 is 11.6 Å². The van der Waals surface area contributed by atoms with Crippen LogP contribution in [0.2, 0.25) is 5.02 Å². The Morgan fingerprint density at radius 3 is 2.95 bits per heavy atom. The van der Waals surface area contributed by atoms with Crippen LogP contribution in [0.1, 0.15) is 31.7 Å². The van der Waals surface area contributed by atoms with Crippen molar-refractivity contribution in [1.29, 1.82) is 0 Å². The second kappa shape index (κ2) is 5.42. The third-order valence-electron chi connectivity index (χ3n) is 3.34. The molecule has 1 aliphatic carbocycles. The third kappa shape index (κ3) is 2.64. The highest BCUT2D eigenvalue weighted by Crippen LogP contribution is 2.42. The van der Waals surface area contributed by atoms with Crippen molar-refractivity contribution in [2.45, 2.75) is 25.9 Å². The van der Waals surface area contributed by atoms with Crippen LogP contribution in [-0.4, -0.2) is 16.7 Å². The number of hydrogen-bond acceptors (Lipinski definition) is 5. The number of hydrogen-bond donors (Lipinski definition) is 1. The molecule has 0 spiro atoms. The molecule has 1 unspecified atom stereocenters. The van der Waals surface area contributed by atoms with Crippen LogP contribution in [0, 0.1) is 5.92 Å². The second-order valence-electron chi connectivity index (χ2n) is 4.90. The Balaban J connectivity index is 1.89. The molecule has 5 nitrogen and oxygen atoms in total. The number of ether oxygens (including phenoxy) is 1. The summed E-state index contributed by atoms with van der Waals surface area (Å²) in [6.45, 7) is 2.60. The summed E-state index contributed by atoms with van der Waals surface area (Å²) in [6, 6.07) is 5.20.